The fourth-order valence-electron chi connectivity index (χ4n) is 3.86. The SMILES string of the molecule is CN=C(NCCCN1CCC(C)CC1)NCC1(C2CC2)CC1. The van der Waals surface area contributed by atoms with Crippen LogP contribution in [0.4, 0.5) is 0 Å². The molecule has 0 aromatic heterocycles. The second-order valence-corrected chi connectivity index (χ2v) is 7.87. The summed E-state index contributed by atoms with van der Waals surface area (Å²) in [5.74, 6) is 2.94. The van der Waals surface area contributed by atoms with Gasteiger partial charge in [-0.1, -0.05) is 6.92 Å². The Labute approximate surface area is 136 Å². The molecule has 0 amide bonds. The van der Waals surface area contributed by atoms with Gasteiger partial charge in [0.05, 0.1) is 0 Å². The summed E-state index contributed by atoms with van der Waals surface area (Å²) in [4.78, 5) is 6.99. The van der Waals surface area contributed by atoms with Gasteiger partial charge in [-0.15, -0.1) is 0 Å². The van der Waals surface area contributed by atoms with Crippen LogP contribution >= 0.6 is 0 Å². The van der Waals surface area contributed by atoms with Crippen molar-refractivity contribution in [3.8, 4) is 0 Å². The first kappa shape index (κ1) is 16.1. The van der Waals surface area contributed by atoms with Gasteiger partial charge in [0.1, 0.15) is 0 Å². The summed E-state index contributed by atoms with van der Waals surface area (Å²) < 4.78 is 0. The average molecular weight is 306 g/mol. The van der Waals surface area contributed by atoms with Crippen LogP contribution in [-0.2, 0) is 0 Å². The van der Waals surface area contributed by atoms with E-state index in [4.69, 9.17) is 0 Å². The van der Waals surface area contributed by atoms with Gasteiger partial charge in [0.25, 0.3) is 0 Å². The average Bonchev–Trinajstić information content (AvgIpc) is 3.40. The molecule has 0 bridgehead atoms. The molecule has 4 heteroatoms. The van der Waals surface area contributed by atoms with Crippen molar-refractivity contribution in [2.24, 2.45) is 22.2 Å². The molecule has 0 aromatic rings. The summed E-state index contributed by atoms with van der Waals surface area (Å²) in [5.41, 5.74) is 0.641. The Bertz CT molecular complexity index is 377. The topological polar surface area (TPSA) is 39.7 Å². The van der Waals surface area contributed by atoms with E-state index in [0.717, 1.165) is 30.9 Å². The number of aliphatic imine (C=N–C) groups is 1. The van der Waals surface area contributed by atoms with Crippen LogP contribution in [-0.4, -0.2) is 50.6 Å². The number of piperidine rings is 1. The number of nitrogens with zero attached hydrogens (tertiary/aromatic N) is 2. The molecule has 126 valence electrons. The third-order valence-electron chi connectivity index (χ3n) is 5.99. The number of rotatable bonds is 7. The number of nitrogens with one attached hydrogen (secondary N) is 2. The molecule has 0 atom stereocenters. The van der Waals surface area contributed by atoms with Crippen molar-refractivity contribution in [1.82, 2.24) is 15.5 Å². The van der Waals surface area contributed by atoms with Crippen LogP contribution in [0.5, 0.6) is 0 Å². The third kappa shape index (κ3) is 4.37. The van der Waals surface area contributed by atoms with Crippen LogP contribution in [0.2, 0.25) is 0 Å². The van der Waals surface area contributed by atoms with Crippen LogP contribution in [0, 0.1) is 17.3 Å². The summed E-state index contributed by atoms with van der Waals surface area (Å²) in [5, 5.41) is 7.05. The highest BCUT2D eigenvalue weighted by molar-refractivity contribution is 5.79. The maximum absolute atomic E-state index is 4.37. The number of hydrogen-bond acceptors (Lipinski definition) is 2. The van der Waals surface area contributed by atoms with Crippen molar-refractivity contribution >= 4 is 5.96 Å². The summed E-state index contributed by atoms with van der Waals surface area (Å²) in [6, 6.07) is 0. The van der Waals surface area contributed by atoms with Crippen LogP contribution < -0.4 is 10.6 Å². The summed E-state index contributed by atoms with van der Waals surface area (Å²) >= 11 is 0. The van der Waals surface area contributed by atoms with Crippen molar-refractivity contribution in [2.75, 3.05) is 39.8 Å². The summed E-state index contributed by atoms with van der Waals surface area (Å²) in [6.45, 7) is 8.34. The van der Waals surface area contributed by atoms with Crippen LogP contribution in [0.3, 0.4) is 0 Å². The van der Waals surface area contributed by atoms with Crippen molar-refractivity contribution in [3.63, 3.8) is 0 Å². The number of likely N-dealkylation sites (tertiary alicyclic amines) is 1. The molecule has 4 nitrogen and oxygen atoms in total. The molecule has 1 heterocycles. The number of hydrogen-bond donors (Lipinski definition) is 2. The lowest BCUT2D eigenvalue weighted by Crippen LogP contribution is -2.42. The molecule has 2 N–H and O–H groups in total. The maximum atomic E-state index is 4.37. The highest BCUT2D eigenvalue weighted by Gasteiger charge is 2.53. The zero-order chi connectivity index (χ0) is 15.4. The largest absolute Gasteiger partial charge is 0.356 e. The van der Waals surface area contributed by atoms with Crippen LogP contribution in [0.1, 0.15) is 51.9 Å². The van der Waals surface area contributed by atoms with Crippen LogP contribution in [0.25, 0.3) is 0 Å². The van der Waals surface area contributed by atoms with Crippen LogP contribution in [0.15, 0.2) is 4.99 Å². The molecule has 0 unspecified atom stereocenters. The van der Waals surface area contributed by atoms with E-state index >= 15 is 0 Å². The minimum atomic E-state index is 0.641. The van der Waals surface area contributed by atoms with E-state index < -0.39 is 0 Å². The van der Waals surface area contributed by atoms with Gasteiger partial charge in [-0.25, -0.2) is 0 Å². The molecule has 0 aromatic carbocycles. The van der Waals surface area contributed by atoms with E-state index in [1.807, 2.05) is 7.05 Å². The van der Waals surface area contributed by atoms with Gasteiger partial charge in [0.2, 0.25) is 0 Å². The second-order valence-electron chi connectivity index (χ2n) is 7.87. The molecule has 0 spiro atoms. The monoisotopic (exact) mass is 306 g/mol. The van der Waals surface area contributed by atoms with Gasteiger partial charge in [-0.05, 0) is 81.8 Å². The standard InChI is InChI=1S/C18H34N4/c1-15-6-12-22(13-7-15)11-3-10-20-17(19-2)21-14-18(8-9-18)16-4-5-16/h15-16H,3-14H2,1-2H3,(H2,19,20,21). The Morgan fingerprint density at radius 2 is 1.86 bits per heavy atom. The first-order valence-corrected chi connectivity index (χ1v) is 9.39. The number of guanidine groups is 1. The van der Waals surface area contributed by atoms with Gasteiger partial charge in [-0.2, -0.15) is 0 Å². The minimum absolute atomic E-state index is 0.641. The Morgan fingerprint density at radius 3 is 2.45 bits per heavy atom. The van der Waals surface area contributed by atoms with Gasteiger partial charge in [0.15, 0.2) is 5.96 Å². The summed E-state index contributed by atoms with van der Waals surface area (Å²) in [7, 11) is 1.89. The molecular weight excluding hydrogens is 272 g/mol. The molecule has 22 heavy (non-hydrogen) atoms. The van der Waals surface area contributed by atoms with E-state index in [1.165, 1.54) is 64.6 Å². The van der Waals surface area contributed by atoms with E-state index in [0.29, 0.717) is 5.41 Å². The van der Waals surface area contributed by atoms with Crippen molar-refractivity contribution in [2.45, 2.75) is 51.9 Å². The zero-order valence-electron chi connectivity index (χ0n) is 14.5. The zero-order valence-corrected chi connectivity index (χ0v) is 14.5. The molecule has 1 aliphatic heterocycles. The normalized spacial score (nSPS) is 26.0. The quantitative estimate of drug-likeness (QED) is 0.431. The molecule has 3 rings (SSSR count). The maximum Gasteiger partial charge on any atom is 0.190 e. The minimum Gasteiger partial charge on any atom is -0.356 e. The Kier molecular flexibility index (Phi) is 5.27. The van der Waals surface area contributed by atoms with Gasteiger partial charge in [-0.3, -0.25) is 4.99 Å². The smallest absolute Gasteiger partial charge is 0.190 e. The molecule has 2 aliphatic carbocycles. The van der Waals surface area contributed by atoms with E-state index in [2.05, 4.69) is 27.4 Å². The lowest BCUT2D eigenvalue weighted by molar-refractivity contribution is 0.191. The van der Waals surface area contributed by atoms with Gasteiger partial charge in [0, 0.05) is 20.1 Å². The van der Waals surface area contributed by atoms with E-state index in [1.54, 1.807) is 0 Å². The van der Waals surface area contributed by atoms with Crippen molar-refractivity contribution in [1.29, 1.82) is 0 Å². The van der Waals surface area contributed by atoms with Crippen molar-refractivity contribution < 1.29 is 0 Å². The molecule has 1 saturated heterocycles. The second kappa shape index (κ2) is 7.20. The fraction of sp³-hybridized carbons (Fsp3) is 0.944. The fourth-order valence-corrected chi connectivity index (χ4v) is 3.86. The molecule has 0 radical (unpaired) electrons. The first-order valence-electron chi connectivity index (χ1n) is 9.39. The third-order valence-corrected chi connectivity index (χ3v) is 5.99. The summed E-state index contributed by atoms with van der Waals surface area (Å²) in [6.07, 6.45) is 9.73. The predicted octanol–water partition coefficient (Wildman–Crippen LogP) is 2.46. The lowest BCUT2D eigenvalue weighted by atomic mass is 9.99. The Morgan fingerprint density at radius 1 is 1.14 bits per heavy atom. The highest BCUT2D eigenvalue weighted by atomic mass is 15.2. The van der Waals surface area contributed by atoms with Gasteiger partial charge < -0.3 is 15.5 Å². The highest BCUT2D eigenvalue weighted by Crippen LogP contribution is 2.60. The lowest BCUT2D eigenvalue weighted by Gasteiger charge is -2.30. The molecule has 3 aliphatic rings. The first-order chi connectivity index (χ1) is 10.7. The van der Waals surface area contributed by atoms with E-state index in [9.17, 15) is 0 Å². The van der Waals surface area contributed by atoms with E-state index in [-0.39, 0.29) is 0 Å². The molecule has 3 fully saturated rings. The molecular formula is C18H34N4. The molecule has 2 saturated carbocycles. The predicted molar refractivity (Wildman–Crippen MR) is 93.2 cm³/mol. The Balaban J connectivity index is 1.27. The van der Waals surface area contributed by atoms with Gasteiger partial charge >= 0.3 is 0 Å². The van der Waals surface area contributed by atoms with Crippen molar-refractivity contribution in [3.05, 3.63) is 0 Å². The Hall–Kier alpha value is -0.770.